The Balaban J connectivity index is 1.37. The van der Waals surface area contributed by atoms with Crippen LogP contribution in [0.3, 0.4) is 0 Å². The summed E-state index contributed by atoms with van der Waals surface area (Å²) in [6.07, 6.45) is 0. The molecule has 0 aliphatic carbocycles. The molecule has 2 heterocycles. The minimum atomic E-state index is -0.341. The van der Waals surface area contributed by atoms with E-state index in [9.17, 15) is 14.9 Å². The first-order chi connectivity index (χ1) is 23.8. The maximum atomic E-state index is 14.4. The summed E-state index contributed by atoms with van der Waals surface area (Å²) < 4.78 is 2.08. The summed E-state index contributed by atoms with van der Waals surface area (Å²) in [5, 5.41) is 11.3. The lowest BCUT2D eigenvalue weighted by molar-refractivity contribution is 0.0925. The second kappa shape index (κ2) is 11.2. The van der Waals surface area contributed by atoms with E-state index < -0.39 is 0 Å². The SMILES string of the molecule is [C-]#[N+]c1ccc(-c2ccc3c(c2)c2cc(-c4ccc(C#N)cc4)ccc2n3-c2cccc3c2C(=O)N(c2c(C)cc(C)cc2C)C3=O)cc1. The van der Waals surface area contributed by atoms with E-state index in [0.717, 1.165) is 60.8 Å². The number of imide groups is 1. The van der Waals surface area contributed by atoms with Gasteiger partial charge in [-0.3, -0.25) is 9.59 Å². The van der Waals surface area contributed by atoms with Gasteiger partial charge in [0.1, 0.15) is 0 Å². The number of nitrogens with zero attached hydrogens (tertiary/aromatic N) is 4. The number of aryl methyl sites for hydroxylation is 3. The number of rotatable bonds is 4. The average Bonchev–Trinajstić information content (AvgIpc) is 3.58. The van der Waals surface area contributed by atoms with Crippen LogP contribution in [-0.4, -0.2) is 16.4 Å². The van der Waals surface area contributed by atoms with E-state index in [2.05, 4.69) is 39.7 Å². The van der Waals surface area contributed by atoms with Crippen molar-refractivity contribution in [1.82, 2.24) is 4.57 Å². The van der Waals surface area contributed by atoms with Gasteiger partial charge in [-0.15, -0.1) is 0 Å². The minimum Gasteiger partial charge on any atom is -0.308 e. The molecule has 1 aliphatic rings. The van der Waals surface area contributed by atoms with Crippen LogP contribution >= 0.6 is 0 Å². The molecule has 8 rings (SSSR count). The van der Waals surface area contributed by atoms with Gasteiger partial charge < -0.3 is 4.57 Å². The molecule has 0 saturated carbocycles. The second-order valence-corrected chi connectivity index (χ2v) is 12.5. The number of benzene rings is 6. The molecule has 6 heteroatoms. The standard InChI is InChI=1S/C43H28N4O2/c1-25-20-26(2)41(27(3)21-25)47-42(48)34-6-5-7-39(40(34)43(47)49)46-37-18-14-31(29-10-8-28(24-44)9-11-29)22-35(37)36-23-32(15-19-38(36)46)30-12-16-33(45-4)17-13-30/h5-23H,1-3H3. The lowest BCUT2D eigenvalue weighted by atomic mass is 9.99. The van der Waals surface area contributed by atoms with Crippen LogP contribution in [0.4, 0.5) is 11.4 Å². The third kappa shape index (κ3) is 4.62. The predicted octanol–water partition coefficient (Wildman–Crippen LogP) is 10.3. The zero-order valence-corrected chi connectivity index (χ0v) is 27.1. The van der Waals surface area contributed by atoms with Crippen molar-refractivity contribution in [3.63, 3.8) is 0 Å². The van der Waals surface area contributed by atoms with Crippen LogP contribution in [0, 0.1) is 38.7 Å². The Hall–Kier alpha value is -6.76. The van der Waals surface area contributed by atoms with E-state index in [1.807, 2.05) is 106 Å². The van der Waals surface area contributed by atoms with Crippen LogP contribution in [-0.2, 0) is 0 Å². The van der Waals surface area contributed by atoms with E-state index in [-0.39, 0.29) is 11.8 Å². The van der Waals surface area contributed by atoms with Gasteiger partial charge in [0, 0.05) is 10.8 Å². The van der Waals surface area contributed by atoms with Gasteiger partial charge in [-0.25, -0.2) is 9.74 Å². The fourth-order valence-electron chi connectivity index (χ4n) is 7.29. The monoisotopic (exact) mass is 632 g/mol. The highest BCUT2D eigenvalue weighted by Crippen LogP contribution is 2.41. The molecule has 0 radical (unpaired) electrons. The molecule has 0 unspecified atom stereocenters. The number of carbonyl (C=O) groups excluding carboxylic acids is 2. The number of hydrogen-bond acceptors (Lipinski definition) is 3. The van der Waals surface area contributed by atoms with Crippen molar-refractivity contribution >= 4 is 45.0 Å². The highest BCUT2D eigenvalue weighted by Gasteiger charge is 2.40. The van der Waals surface area contributed by atoms with Crippen LogP contribution in [0.5, 0.6) is 0 Å². The average molecular weight is 633 g/mol. The van der Waals surface area contributed by atoms with Crippen LogP contribution in [0.25, 0.3) is 54.6 Å². The van der Waals surface area contributed by atoms with Gasteiger partial charge in [0.25, 0.3) is 11.8 Å². The van der Waals surface area contributed by atoms with Crippen molar-refractivity contribution in [3.8, 4) is 34.0 Å². The Morgan fingerprint density at radius 1 is 0.653 bits per heavy atom. The smallest absolute Gasteiger partial charge is 0.268 e. The number of carbonyl (C=O) groups is 2. The van der Waals surface area contributed by atoms with Gasteiger partial charge in [-0.2, -0.15) is 5.26 Å². The van der Waals surface area contributed by atoms with Crippen LogP contribution < -0.4 is 4.90 Å². The summed E-state index contributed by atoms with van der Waals surface area (Å²) in [7, 11) is 0. The Morgan fingerprint density at radius 2 is 1.20 bits per heavy atom. The molecule has 1 aliphatic heterocycles. The zero-order valence-electron chi connectivity index (χ0n) is 27.1. The fourth-order valence-corrected chi connectivity index (χ4v) is 7.29. The predicted molar refractivity (Wildman–Crippen MR) is 194 cm³/mol. The summed E-state index contributed by atoms with van der Waals surface area (Å²) in [6, 6.07) is 39.2. The molecule has 0 atom stereocenters. The lowest BCUT2D eigenvalue weighted by Crippen LogP contribution is -2.31. The van der Waals surface area contributed by atoms with Gasteiger partial charge in [0.15, 0.2) is 5.69 Å². The molecule has 49 heavy (non-hydrogen) atoms. The number of amides is 2. The molecule has 0 spiro atoms. The Bertz CT molecular complexity index is 2490. The topological polar surface area (TPSA) is 70.5 Å². The molecule has 0 bridgehead atoms. The summed E-state index contributed by atoms with van der Waals surface area (Å²) in [6.45, 7) is 13.2. The first kappa shape index (κ1) is 29.6. The number of aromatic nitrogens is 1. The minimum absolute atomic E-state index is 0.328. The highest BCUT2D eigenvalue weighted by atomic mass is 16.2. The number of hydrogen-bond donors (Lipinski definition) is 0. The summed E-state index contributed by atoms with van der Waals surface area (Å²) in [5.74, 6) is -0.669. The van der Waals surface area contributed by atoms with Crippen LogP contribution in [0.2, 0.25) is 0 Å². The Kier molecular flexibility index (Phi) is 6.77. The molecule has 6 nitrogen and oxygen atoms in total. The molecule has 7 aromatic rings. The molecular weight excluding hydrogens is 604 g/mol. The van der Waals surface area contributed by atoms with Crippen molar-refractivity contribution < 1.29 is 9.59 Å². The molecule has 6 aromatic carbocycles. The van der Waals surface area contributed by atoms with Crippen molar-refractivity contribution in [3.05, 3.63) is 160 Å². The molecule has 0 N–H and O–H groups in total. The summed E-state index contributed by atoms with van der Waals surface area (Å²) in [4.78, 5) is 33.3. The fraction of sp³-hybridized carbons (Fsp3) is 0.0698. The first-order valence-corrected chi connectivity index (χ1v) is 15.9. The van der Waals surface area contributed by atoms with E-state index in [1.165, 1.54) is 4.90 Å². The van der Waals surface area contributed by atoms with E-state index in [4.69, 9.17) is 6.57 Å². The van der Waals surface area contributed by atoms with E-state index in [0.29, 0.717) is 33.8 Å². The second-order valence-electron chi connectivity index (χ2n) is 12.5. The third-order valence-corrected chi connectivity index (χ3v) is 9.43. The number of anilines is 1. The summed E-state index contributed by atoms with van der Waals surface area (Å²) in [5.41, 5.74) is 11.7. The van der Waals surface area contributed by atoms with Crippen LogP contribution in [0.1, 0.15) is 43.0 Å². The van der Waals surface area contributed by atoms with Crippen molar-refractivity contribution in [2.24, 2.45) is 0 Å². The molecule has 0 saturated heterocycles. The number of nitriles is 1. The lowest BCUT2D eigenvalue weighted by Gasteiger charge is -2.20. The van der Waals surface area contributed by atoms with Crippen molar-refractivity contribution in [2.45, 2.75) is 20.8 Å². The molecule has 1 aromatic heterocycles. The van der Waals surface area contributed by atoms with Gasteiger partial charge in [-0.1, -0.05) is 72.3 Å². The quantitative estimate of drug-likeness (QED) is 0.143. The maximum absolute atomic E-state index is 14.4. The first-order valence-electron chi connectivity index (χ1n) is 15.9. The summed E-state index contributed by atoms with van der Waals surface area (Å²) >= 11 is 0. The van der Waals surface area contributed by atoms with Gasteiger partial charge >= 0.3 is 0 Å². The maximum Gasteiger partial charge on any atom is 0.268 e. The van der Waals surface area contributed by atoms with Crippen LogP contribution in [0.15, 0.2) is 115 Å². The van der Waals surface area contributed by atoms with Crippen molar-refractivity contribution in [1.29, 1.82) is 5.26 Å². The Morgan fingerprint density at radius 3 is 1.76 bits per heavy atom. The largest absolute Gasteiger partial charge is 0.308 e. The van der Waals surface area contributed by atoms with Gasteiger partial charge in [0.2, 0.25) is 0 Å². The molecule has 232 valence electrons. The van der Waals surface area contributed by atoms with E-state index in [1.54, 1.807) is 6.07 Å². The molecule has 2 amide bonds. The zero-order chi connectivity index (χ0) is 34.0. The van der Waals surface area contributed by atoms with E-state index >= 15 is 0 Å². The van der Waals surface area contributed by atoms with Gasteiger partial charge in [0.05, 0.1) is 51.7 Å². The molecule has 0 fully saturated rings. The highest BCUT2D eigenvalue weighted by molar-refractivity contribution is 6.36. The third-order valence-electron chi connectivity index (χ3n) is 9.43. The Labute approximate surface area is 283 Å². The number of fused-ring (bicyclic) bond motifs is 4. The molecular formula is C43H28N4O2. The van der Waals surface area contributed by atoms with Gasteiger partial charge in [-0.05, 0) is 103 Å². The van der Waals surface area contributed by atoms with Crippen molar-refractivity contribution in [2.75, 3.05) is 4.90 Å². The normalized spacial score (nSPS) is 12.4.